The summed E-state index contributed by atoms with van der Waals surface area (Å²) in [5.41, 5.74) is 1.97. The number of hydrogen-bond acceptors (Lipinski definition) is 3. The lowest BCUT2D eigenvalue weighted by Crippen LogP contribution is -2.40. The van der Waals surface area contributed by atoms with E-state index >= 15 is 0 Å². The number of hydrogen-bond donors (Lipinski definition) is 2. The number of carbonyl (C=O) groups excluding carboxylic acids is 2. The number of piperidine rings is 1. The highest BCUT2D eigenvalue weighted by Gasteiger charge is 2.24. The van der Waals surface area contributed by atoms with Crippen molar-refractivity contribution >= 4 is 23.2 Å². The van der Waals surface area contributed by atoms with Gasteiger partial charge in [-0.25, -0.2) is 0 Å². The Bertz CT molecular complexity index is 505. The first-order chi connectivity index (χ1) is 10.6. The summed E-state index contributed by atoms with van der Waals surface area (Å²) in [5, 5.41) is 5.75. The van der Waals surface area contributed by atoms with Crippen LogP contribution >= 0.6 is 0 Å². The number of carbonyl (C=O) groups is 2. The van der Waals surface area contributed by atoms with E-state index in [-0.39, 0.29) is 17.7 Å². The van der Waals surface area contributed by atoms with Crippen molar-refractivity contribution < 1.29 is 9.59 Å². The molecule has 5 heteroatoms. The Balaban J connectivity index is 1.88. The summed E-state index contributed by atoms with van der Waals surface area (Å²) in [6.07, 6.45) is 2.26. The van der Waals surface area contributed by atoms with Gasteiger partial charge >= 0.3 is 0 Å². The van der Waals surface area contributed by atoms with Crippen molar-refractivity contribution in [2.75, 3.05) is 29.9 Å². The van der Waals surface area contributed by atoms with Crippen LogP contribution in [0, 0.1) is 5.92 Å². The van der Waals surface area contributed by atoms with Crippen molar-refractivity contribution in [3.63, 3.8) is 0 Å². The maximum absolute atomic E-state index is 11.8. The van der Waals surface area contributed by atoms with Gasteiger partial charge in [-0.15, -0.1) is 0 Å². The summed E-state index contributed by atoms with van der Waals surface area (Å²) in [5.74, 6) is 0.342. The molecule has 0 unspecified atom stereocenters. The molecule has 0 radical (unpaired) electrons. The van der Waals surface area contributed by atoms with Gasteiger partial charge < -0.3 is 15.5 Å². The predicted octanol–water partition coefficient (Wildman–Crippen LogP) is 2.39. The van der Waals surface area contributed by atoms with Crippen LogP contribution in [0.5, 0.6) is 0 Å². The maximum Gasteiger partial charge on any atom is 0.224 e. The van der Waals surface area contributed by atoms with Crippen molar-refractivity contribution in [2.45, 2.75) is 33.1 Å². The van der Waals surface area contributed by atoms with Crippen LogP contribution in [0.1, 0.15) is 33.1 Å². The lowest BCUT2D eigenvalue weighted by atomic mass is 9.95. The Morgan fingerprint density at radius 3 is 2.32 bits per heavy atom. The molecule has 2 amide bonds. The summed E-state index contributed by atoms with van der Waals surface area (Å²) < 4.78 is 0. The van der Waals surface area contributed by atoms with Gasteiger partial charge in [0.15, 0.2) is 0 Å². The largest absolute Gasteiger partial charge is 0.371 e. The van der Waals surface area contributed by atoms with Crippen LogP contribution in [0.4, 0.5) is 11.4 Å². The molecule has 1 aromatic rings. The molecule has 0 bridgehead atoms. The van der Waals surface area contributed by atoms with Gasteiger partial charge in [0, 0.05) is 43.3 Å². The van der Waals surface area contributed by atoms with Gasteiger partial charge in [0.2, 0.25) is 11.8 Å². The van der Waals surface area contributed by atoms with E-state index in [1.165, 1.54) is 0 Å². The van der Waals surface area contributed by atoms with Crippen molar-refractivity contribution in [1.29, 1.82) is 0 Å². The number of nitrogens with zero attached hydrogens (tertiary/aromatic N) is 1. The van der Waals surface area contributed by atoms with E-state index in [1.54, 1.807) is 0 Å². The van der Waals surface area contributed by atoms with Crippen LogP contribution < -0.4 is 15.5 Å². The Kier molecular flexibility index (Phi) is 5.81. The van der Waals surface area contributed by atoms with Crippen molar-refractivity contribution in [3.05, 3.63) is 24.3 Å². The highest BCUT2D eigenvalue weighted by Crippen LogP contribution is 2.24. The average molecular weight is 303 g/mol. The van der Waals surface area contributed by atoms with Crippen LogP contribution in [0.2, 0.25) is 0 Å². The van der Waals surface area contributed by atoms with Crippen molar-refractivity contribution in [1.82, 2.24) is 5.32 Å². The fourth-order valence-electron chi connectivity index (χ4n) is 2.72. The lowest BCUT2D eigenvalue weighted by Gasteiger charge is -2.33. The van der Waals surface area contributed by atoms with Gasteiger partial charge in [0.25, 0.3) is 0 Å². The van der Waals surface area contributed by atoms with E-state index in [4.69, 9.17) is 0 Å². The molecule has 2 N–H and O–H groups in total. The van der Waals surface area contributed by atoms with Gasteiger partial charge in [-0.3, -0.25) is 9.59 Å². The predicted molar refractivity (Wildman–Crippen MR) is 89.0 cm³/mol. The van der Waals surface area contributed by atoms with Gasteiger partial charge in [0.1, 0.15) is 0 Å². The van der Waals surface area contributed by atoms with Gasteiger partial charge in [0.05, 0.1) is 0 Å². The van der Waals surface area contributed by atoms with Crippen LogP contribution in [-0.4, -0.2) is 31.4 Å². The lowest BCUT2D eigenvalue weighted by molar-refractivity contribution is -0.125. The molecule has 22 heavy (non-hydrogen) atoms. The average Bonchev–Trinajstić information content (AvgIpc) is 2.56. The number of nitrogens with one attached hydrogen (secondary N) is 2. The van der Waals surface area contributed by atoms with E-state index in [1.807, 2.05) is 38.1 Å². The van der Waals surface area contributed by atoms with Crippen LogP contribution in [0.25, 0.3) is 0 Å². The molecule has 0 aromatic heterocycles. The normalized spacial score (nSPS) is 15.5. The Morgan fingerprint density at radius 2 is 1.77 bits per heavy atom. The van der Waals surface area contributed by atoms with Crippen molar-refractivity contribution in [2.24, 2.45) is 5.92 Å². The summed E-state index contributed by atoms with van der Waals surface area (Å²) >= 11 is 0. The van der Waals surface area contributed by atoms with E-state index in [2.05, 4.69) is 15.5 Å². The Labute approximate surface area is 132 Å². The van der Waals surface area contributed by atoms with Gasteiger partial charge in [-0.1, -0.05) is 6.92 Å². The zero-order chi connectivity index (χ0) is 15.9. The second-order valence-electron chi connectivity index (χ2n) is 5.60. The maximum atomic E-state index is 11.8. The molecule has 0 aliphatic carbocycles. The number of amides is 2. The van der Waals surface area contributed by atoms with E-state index in [0.29, 0.717) is 13.0 Å². The molecule has 1 saturated heterocycles. The fourth-order valence-corrected chi connectivity index (χ4v) is 2.72. The smallest absolute Gasteiger partial charge is 0.224 e. The highest BCUT2D eigenvalue weighted by molar-refractivity contribution is 5.90. The molecule has 1 heterocycles. The molecule has 0 spiro atoms. The third kappa shape index (κ3) is 4.23. The first-order valence-electron chi connectivity index (χ1n) is 8.06. The highest BCUT2D eigenvalue weighted by atomic mass is 16.2. The third-order valence-electron chi connectivity index (χ3n) is 4.05. The molecule has 120 valence electrons. The first-order valence-corrected chi connectivity index (χ1v) is 8.06. The van der Waals surface area contributed by atoms with E-state index in [9.17, 15) is 9.59 Å². The zero-order valence-electron chi connectivity index (χ0n) is 13.4. The Hall–Kier alpha value is -2.04. The molecule has 2 rings (SSSR count). The molecule has 1 aliphatic heterocycles. The fraction of sp³-hybridized carbons (Fsp3) is 0.529. The third-order valence-corrected chi connectivity index (χ3v) is 4.05. The molecule has 1 aliphatic rings. The standard InChI is InChI=1S/C17H25N3O2/c1-3-16(21)19-14-5-7-15(8-6-14)20-11-9-13(10-12-20)17(22)18-4-2/h5-8,13H,3-4,9-12H2,1-2H3,(H,18,22)(H,19,21). The minimum Gasteiger partial charge on any atom is -0.371 e. The Morgan fingerprint density at radius 1 is 1.14 bits per heavy atom. The van der Waals surface area contributed by atoms with Crippen LogP contribution in [0.3, 0.4) is 0 Å². The number of rotatable bonds is 5. The monoisotopic (exact) mass is 303 g/mol. The summed E-state index contributed by atoms with van der Waals surface area (Å²) in [6, 6.07) is 7.91. The molecule has 0 atom stereocenters. The minimum absolute atomic E-state index is 0.0236. The molecule has 5 nitrogen and oxygen atoms in total. The van der Waals surface area contributed by atoms with Crippen molar-refractivity contribution in [3.8, 4) is 0 Å². The SMILES string of the molecule is CCNC(=O)C1CCN(c2ccc(NC(=O)CC)cc2)CC1. The number of anilines is 2. The molecular weight excluding hydrogens is 278 g/mol. The molecule has 0 saturated carbocycles. The minimum atomic E-state index is 0.0236. The van der Waals surface area contributed by atoms with Gasteiger partial charge in [-0.2, -0.15) is 0 Å². The number of benzene rings is 1. The quantitative estimate of drug-likeness (QED) is 0.878. The molecular formula is C17H25N3O2. The first kappa shape index (κ1) is 16.3. The van der Waals surface area contributed by atoms with Gasteiger partial charge in [-0.05, 0) is 44.0 Å². The van der Waals surface area contributed by atoms with E-state index < -0.39 is 0 Å². The van der Waals surface area contributed by atoms with E-state index in [0.717, 1.165) is 37.3 Å². The second-order valence-corrected chi connectivity index (χ2v) is 5.60. The van der Waals surface area contributed by atoms with Crippen LogP contribution in [-0.2, 0) is 9.59 Å². The summed E-state index contributed by atoms with van der Waals surface area (Å²) in [6.45, 7) is 6.27. The van der Waals surface area contributed by atoms with Crippen LogP contribution in [0.15, 0.2) is 24.3 Å². The topological polar surface area (TPSA) is 61.4 Å². The molecule has 1 aromatic carbocycles. The second kappa shape index (κ2) is 7.82. The summed E-state index contributed by atoms with van der Waals surface area (Å²) in [7, 11) is 0. The molecule has 1 fully saturated rings. The summed E-state index contributed by atoms with van der Waals surface area (Å²) in [4.78, 5) is 25.5. The zero-order valence-corrected chi connectivity index (χ0v) is 13.4.